The molecule has 0 spiro atoms. The van der Waals surface area contributed by atoms with Gasteiger partial charge in [-0.2, -0.15) is 17.4 Å². The van der Waals surface area contributed by atoms with Crippen LogP contribution < -0.4 is 9.86 Å². The molecule has 0 unspecified atom stereocenters. The normalized spacial score (nSPS) is 19.0. The number of hydrogen-bond acceptors (Lipinski definition) is 5. The predicted octanol–water partition coefficient (Wildman–Crippen LogP) is 0.462. The van der Waals surface area contributed by atoms with Gasteiger partial charge in [-0.1, -0.05) is 6.92 Å². The molecule has 0 atom stereocenters. The third kappa shape index (κ3) is 4.47. The van der Waals surface area contributed by atoms with Crippen molar-refractivity contribution in [2.75, 3.05) is 13.1 Å². The Hall–Kier alpha value is -0.520. The molecule has 0 amide bonds. The molecule has 7 nitrogen and oxygen atoms in total. The van der Waals surface area contributed by atoms with Gasteiger partial charge in [-0.3, -0.25) is 0 Å². The number of sulfonamides is 1. The maximum absolute atomic E-state index is 12.1. The molecule has 1 fully saturated rings. The first-order valence-electron chi connectivity index (χ1n) is 6.55. The van der Waals surface area contributed by atoms with Crippen LogP contribution in [0.4, 0.5) is 0 Å². The number of hydrogen-bond donors (Lipinski definition) is 2. The van der Waals surface area contributed by atoms with Crippen LogP contribution in [0.2, 0.25) is 0 Å². The van der Waals surface area contributed by atoms with E-state index in [9.17, 15) is 16.8 Å². The van der Waals surface area contributed by atoms with Crippen molar-refractivity contribution < 1.29 is 16.8 Å². The lowest BCUT2D eigenvalue weighted by molar-refractivity contribution is 0.285. The standard InChI is InChI=1S/C11H19N3O4S3/c1-9-4-6-14(7-5-9)21(17,18)13-8-10-2-3-11(19-10)20(12,15)16/h2-3,9,13H,4-8H2,1H3,(H2,12,15,16). The van der Waals surface area contributed by atoms with Crippen molar-refractivity contribution in [2.24, 2.45) is 11.1 Å². The molecule has 0 radical (unpaired) electrons. The first-order chi connectivity index (χ1) is 9.68. The molecule has 1 aromatic heterocycles. The fraction of sp³-hybridized carbons (Fsp3) is 0.636. The number of piperidine rings is 1. The fourth-order valence-corrected chi connectivity index (χ4v) is 5.11. The number of primary sulfonamides is 1. The van der Waals surface area contributed by atoms with Gasteiger partial charge in [0.2, 0.25) is 10.0 Å². The molecule has 1 aromatic rings. The lowest BCUT2D eigenvalue weighted by Gasteiger charge is -2.29. The summed E-state index contributed by atoms with van der Waals surface area (Å²) >= 11 is 0.969. The van der Waals surface area contributed by atoms with E-state index in [0.717, 1.165) is 24.2 Å². The SMILES string of the molecule is CC1CCN(S(=O)(=O)NCc2ccc(S(N)(=O)=O)s2)CC1. The lowest BCUT2D eigenvalue weighted by atomic mass is 10.0. The van der Waals surface area contributed by atoms with Crippen molar-refractivity contribution >= 4 is 31.6 Å². The van der Waals surface area contributed by atoms with E-state index in [1.54, 1.807) is 6.07 Å². The Kier molecular flexibility index (Phi) is 5.06. The van der Waals surface area contributed by atoms with E-state index < -0.39 is 20.2 Å². The van der Waals surface area contributed by atoms with E-state index in [1.165, 1.54) is 10.4 Å². The molecule has 1 saturated heterocycles. The van der Waals surface area contributed by atoms with Crippen LogP contribution in [0.15, 0.2) is 16.3 Å². The van der Waals surface area contributed by atoms with E-state index in [2.05, 4.69) is 11.6 Å². The topological polar surface area (TPSA) is 110 Å². The van der Waals surface area contributed by atoms with Crippen LogP contribution in [0.1, 0.15) is 24.6 Å². The van der Waals surface area contributed by atoms with Crippen LogP contribution in [-0.4, -0.2) is 34.2 Å². The number of nitrogens with zero attached hydrogens (tertiary/aromatic N) is 1. The van der Waals surface area contributed by atoms with Crippen LogP contribution in [0.5, 0.6) is 0 Å². The van der Waals surface area contributed by atoms with E-state index in [4.69, 9.17) is 5.14 Å². The van der Waals surface area contributed by atoms with Crippen molar-refractivity contribution in [3.63, 3.8) is 0 Å². The highest BCUT2D eigenvalue weighted by molar-refractivity contribution is 7.91. The average molecular weight is 353 g/mol. The zero-order valence-electron chi connectivity index (χ0n) is 11.6. The molecular formula is C11H19N3O4S3. The third-order valence-corrected chi connectivity index (χ3v) is 7.51. The Balaban J connectivity index is 1.97. The smallest absolute Gasteiger partial charge is 0.224 e. The molecule has 0 bridgehead atoms. The largest absolute Gasteiger partial charge is 0.279 e. The zero-order chi connectivity index (χ0) is 15.7. The molecule has 1 aliphatic heterocycles. The van der Waals surface area contributed by atoms with Gasteiger partial charge in [0, 0.05) is 24.5 Å². The van der Waals surface area contributed by atoms with Gasteiger partial charge in [-0.25, -0.2) is 13.6 Å². The van der Waals surface area contributed by atoms with Gasteiger partial charge in [0.05, 0.1) is 0 Å². The van der Waals surface area contributed by atoms with Crippen LogP contribution in [-0.2, 0) is 26.8 Å². The van der Waals surface area contributed by atoms with Gasteiger partial charge in [-0.05, 0) is 30.9 Å². The maximum Gasteiger partial charge on any atom is 0.279 e. The van der Waals surface area contributed by atoms with Crippen LogP contribution >= 0.6 is 11.3 Å². The minimum absolute atomic E-state index is 0.0310. The third-order valence-electron chi connectivity index (χ3n) is 3.43. The number of thiophene rings is 1. The van der Waals surface area contributed by atoms with Gasteiger partial charge in [0.15, 0.2) is 0 Å². The number of rotatable bonds is 5. The van der Waals surface area contributed by atoms with E-state index in [-0.39, 0.29) is 10.8 Å². The second kappa shape index (κ2) is 6.31. The van der Waals surface area contributed by atoms with E-state index >= 15 is 0 Å². The Morgan fingerprint density at radius 1 is 1.29 bits per heavy atom. The summed E-state index contributed by atoms with van der Waals surface area (Å²) in [5.41, 5.74) is 0. The van der Waals surface area contributed by atoms with Gasteiger partial charge in [0.1, 0.15) is 4.21 Å². The minimum atomic E-state index is -3.73. The van der Waals surface area contributed by atoms with Gasteiger partial charge >= 0.3 is 0 Å². The van der Waals surface area contributed by atoms with Gasteiger partial charge in [0.25, 0.3) is 10.2 Å². The summed E-state index contributed by atoms with van der Waals surface area (Å²) < 4.78 is 50.6. The Labute approximate surface area is 129 Å². The second-order valence-corrected chi connectivity index (χ2v) is 9.89. The maximum atomic E-state index is 12.1. The summed E-state index contributed by atoms with van der Waals surface area (Å²) in [5.74, 6) is 0.547. The molecule has 0 aliphatic carbocycles. The molecule has 120 valence electrons. The molecule has 21 heavy (non-hydrogen) atoms. The van der Waals surface area contributed by atoms with Crippen molar-refractivity contribution in [2.45, 2.75) is 30.5 Å². The van der Waals surface area contributed by atoms with Crippen LogP contribution in [0.3, 0.4) is 0 Å². The zero-order valence-corrected chi connectivity index (χ0v) is 14.1. The highest BCUT2D eigenvalue weighted by Gasteiger charge is 2.26. The molecule has 3 N–H and O–H groups in total. The first kappa shape index (κ1) is 16.8. The van der Waals surface area contributed by atoms with E-state index in [0.29, 0.717) is 23.9 Å². The number of nitrogens with two attached hydrogens (primary N) is 1. The van der Waals surface area contributed by atoms with Crippen molar-refractivity contribution in [1.29, 1.82) is 0 Å². The Morgan fingerprint density at radius 2 is 1.90 bits per heavy atom. The van der Waals surface area contributed by atoms with Crippen molar-refractivity contribution in [3.05, 3.63) is 17.0 Å². The molecule has 0 saturated carbocycles. The monoisotopic (exact) mass is 353 g/mol. The summed E-state index contributed by atoms with van der Waals surface area (Å²) in [6.07, 6.45) is 1.71. The second-order valence-electron chi connectivity index (χ2n) is 5.17. The van der Waals surface area contributed by atoms with Crippen LogP contribution in [0, 0.1) is 5.92 Å². The molecular weight excluding hydrogens is 334 g/mol. The molecule has 10 heteroatoms. The first-order valence-corrected chi connectivity index (χ1v) is 10.3. The fourth-order valence-electron chi connectivity index (χ4n) is 2.09. The van der Waals surface area contributed by atoms with Crippen LogP contribution in [0.25, 0.3) is 0 Å². The lowest BCUT2D eigenvalue weighted by Crippen LogP contribution is -2.44. The Bertz CT molecular complexity index is 688. The summed E-state index contributed by atoms with van der Waals surface area (Å²) in [4.78, 5) is 0.605. The molecule has 1 aliphatic rings. The van der Waals surface area contributed by atoms with Gasteiger partial charge in [-0.15, -0.1) is 11.3 Å². The Morgan fingerprint density at radius 3 is 2.43 bits per heavy atom. The highest BCUT2D eigenvalue weighted by Crippen LogP contribution is 2.21. The van der Waals surface area contributed by atoms with Gasteiger partial charge < -0.3 is 0 Å². The number of nitrogens with one attached hydrogen (secondary N) is 1. The predicted molar refractivity (Wildman–Crippen MR) is 81.4 cm³/mol. The molecule has 2 heterocycles. The quantitative estimate of drug-likeness (QED) is 0.801. The van der Waals surface area contributed by atoms with Crippen molar-refractivity contribution in [3.8, 4) is 0 Å². The van der Waals surface area contributed by atoms with Crippen molar-refractivity contribution in [1.82, 2.24) is 9.03 Å². The summed E-state index contributed by atoms with van der Waals surface area (Å²) in [7, 11) is -7.25. The highest BCUT2D eigenvalue weighted by atomic mass is 32.2. The minimum Gasteiger partial charge on any atom is -0.224 e. The summed E-state index contributed by atoms with van der Waals surface area (Å²) in [6, 6.07) is 2.94. The molecule has 0 aromatic carbocycles. The average Bonchev–Trinajstić information content (AvgIpc) is 2.86. The van der Waals surface area contributed by atoms with E-state index in [1.807, 2.05) is 0 Å². The summed E-state index contributed by atoms with van der Waals surface area (Å²) in [5, 5.41) is 5.02. The molecule has 2 rings (SSSR count). The summed E-state index contributed by atoms with van der Waals surface area (Å²) in [6.45, 7) is 3.21.